The van der Waals surface area contributed by atoms with Crippen LogP contribution >= 0.6 is 11.3 Å². The molecule has 4 heteroatoms. The Kier molecular flexibility index (Phi) is 10.2. The van der Waals surface area contributed by atoms with Crippen molar-refractivity contribution in [2.45, 2.75) is 163 Å². The van der Waals surface area contributed by atoms with E-state index >= 15 is 0 Å². The molecule has 0 amide bonds. The van der Waals surface area contributed by atoms with Gasteiger partial charge in [0.25, 0.3) is 6.71 Å². The molecule has 2 nitrogen and oxygen atoms in total. The van der Waals surface area contributed by atoms with Crippen molar-refractivity contribution in [3.8, 4) is 11.1 Å². The van der Waals surface area contributed by atoms with Gasteiger partial charge in [-0.3, -0.25) is 0 Å². The minimum absolute atomic E-state index is 0.00408. The van der Waals surface area contributed by atoms with E-state index in [0.717, 1.165) is 6.42 Å². The Morgan fingerprint density at radius 2 is 1.09 bits per heavy atom. The minimum Gasteiger partial charge on any atom is -0.310 e. The average molecular weight is 901 g/mol. The molecule has 0 radical (unpaired) electrons. The summed E-state index contributed by atoms with van der Waals surface area (Å²) in [6.45, 7) is 40.7. The normalized spacial score (nSPS) is 16.5. The zero-order chi connectivity index (χ0) is 48.1. The number of hydrogen-bond donors (Lipinski definition) is 0. The lowest BCUT2D eigenvalue weighted by atomic mass is 9.35. The first kappa shape index (κ1) is 45.7. The van der Waals surface area contributed by atoms with Crippen molar-refractivity contribution in [2.24, 2.45) is 0 Å². The van der Waals surface area contributed by atoms with Crippen LogP contribution in [0.5, 0.6) is 0 Å². The molecular weight excluding hydrogens is 828 g/mol. The zero-order valence-electron chi connectivity index (χ0n) is 43.7. The van der Waals surface area contributed by atoms with E-state index in [0.29, 0.717) is 0 Å². The van der Waals surface area contributed by atoms with Gasteiger partial charge in [-0.05, 0) is 156 Å². The van der Waals surface area contributed by atoms with Crippen LogP contribution in [0.15, 0.2) is 109 Å². The number of benzene rings is 6. The molecule has 10 rings (SSSR count). The summed E-state index contributed by atoms with van der Waals surface area (Å²) in [6, 6.07) is 43.6. The van der Waals surface area contributed by atoms with E-state index < -0.39 is 0 Å². The highest BCUT2D eigenvalue weighted by Gasteiger charge is 2.50. The van der Waals surface area contributed by atoms with Crippen molar-refractivity contribution < 1.29 is 0 Å². The van der Waals surface area contributed by atoms with Gasteiger partial charge in [0.1, 0.15) is 0 Å². The average Bonchev–Trinajstić information content (AvgIpc) is 3.62. The van der Waals surface area contributed by atoms with Crippen LogP contribution < -0.4 is 25.5 Å². The fraction of sp³-hybridized carbons (Fsp3) is 0.397. The molecule has 3 aliphatic rings. The number of aryl methyl sites for hydroxylation is 1. The van der Waals surface area contributed by atoms with Crippen molar-refractivity contribution in [3.63, 3.8) is 0 Å². The molecule has 67 heavy (non-hydrogen) atoms. The Morgan fingerprint density at radius 3 is 1.70 bits per heavy atom. The molecule has 0 unspecified atom stereocenters. The Bertz CT molecular complexity index is 3100. The number of anilines is 6. The molecule has 0 saturated carbocycles. The Morgan fingerprint density at radius 1 is 0.522 bits per heavy atom. The minimum atomic E-state index is -0.0427. The van der Waals surface area contributed by atoms with Crippen LogP contribution in [0.3, 0.4) is 0 Å². The molecule has 2 aliphatic heterocycles. The van der Waals surface area contributed by atoms with Gasteiger partial charge in [-0.25, -0.2) is 0 Å². The summed E-state index contributed by atoms with van der Waals surface area (Å²) < 4.78 is 2.79. The Labute approximate surface area is 407 Å². The van der Waals surface area contributed by atoms with Gasteiger partial charge in [0.2, 0.25) is 0 Å². The lowest BCUT2D eigenvalue weighted by Crippen LogP contribution is -2.61. The maximum absolute atomic E-state index is 2.76. The van der Waals surface area contributed by atoms with Crippen LogP contribution in [-0.2, 0) is 32.5 Å². The third kappa shape index (κ3) is 7.42. The van der Waals surface area contributed by atoms with E-state index in [4.69, 9.17) is 0 Å². The highest BCUT2D eigenvalue weighted by atomic mass is 32.1. The number of hydrogen-bond acceptors (Lipinski definition) is 3. The lowest BCUT2D eigenvalue weighted by Gasteiger charge is -2.49. The first-order chi connectivity index (χ1) is 31.1. The van der Waals surface area contributed by atoms with Gasteiger partial charge >= 0.3 is 0 Å². The topological polar surface area (TPSA) is 6.48 Å². The molecule has 1 aromatic heterocycles. The molecule has 0 bridgehead atoms. The van der Waals surface area contributed by atoms with E-state index in [-0.39, 0.29) is 39.2 Å². The highest BCUT2D eigenvalue weighted by molar-refractivity contribution is 7.33. The van der Waals surface area contributed by atoms with Gasteiger partial charge in [0.05, 0.1) is 11.4 Å². The van der Waals surface area contributed by atoms with E-state index in [1.165, 1.54) is 116 Å². The molecule has 6 aromatic carbocycles. The highest BCUT2D eigenvalue weighted by Crippen LogP contribution is 2.56. The van der Waals surface area contributed by atoms with E-state index in [1.807, 2.05) is 11.3 Å². The second-order valence-corrected chi connectivity index (χ2v) is 27.0. The molecule has 344 valence electrons. The van der Waals surface area contributed by atoms with Gasteiger partial charge in [0, 0.05) is 43.2 Å². The van der Waals surface area contributed by atoms with Crippen molar-refractivity contribution in [1.82, 2.24) is 0 Å². The summed E-state index contributed by atoms with van der Waals surface area (Å²) in [5.41, 5.74) is 22.8. The molecule has 0 atom stereocenters. The quantitative estimate of drug-likeness (QED) is 0.163. The Hall–Kier alpha value is -5.06. The summed E-state index contributed by atoms with van der Waals surface area (Å²) in [7, 11) is 0. The summed E-state index contributed by atoms with van der Waals surface area (Å²) in [4.78, 5) is 5.47. The Balaban J connectivity index is 1.40. The predicted octanol–water partition coefficient (Wildman–Crippen LogP) is 16.5. The standard InChI is InChI=1S/C63H73BN2S/c1-38-31-50-54-51(32-38)66(49-27-23-40(58(2,3)4)36-45(49)39-21-19-18-20-22-39)56-48(26-25-47-53(56)63(16,17)30-29-62(47,14)15)64(54)57-55(46-37-41(59(5,6)7)24-28-52(46)67-57)65(50)44-34-42(60(8,9)10)33-43(35-44)61(11,12)13/h18-28,31-37H,29-30H2,1-17H3. The third-order valence-corrected chi connectivity index (χ3v) is 16.9. The molecular formula is C63H73BN2S. The monoisotopic (exact) mass is 901 g/mol. The van der Waals surface area contributed by atoms with Crippen LogP contribution in [0.25, 0.3) is 21.2 Å². The van der Waals surface area contributed by atoms with E-state index in [9.17, 15) is 0 Å². The van der Waals surface area contributed by atoms with Crippen molar-refractivity contribution in [1.29, 1.82) is 0 Å². The summed E-state index contributed by atoms with van der Waals surface area (Å²) in [5, 5.41) is 1.35. The SMILES string of the molecule is Cc1cc2c3c(c1)N(c1cc(C(C)(C)C)cc(C(C)(C)C)c1)c1c(sc4ccc(C(C)(C)C)cc14)B3c1ccc3c(c1N2c1ccc(C(C)(C)C)cc1-c1ccccc1)C(C)(C)CCC3(C)C. The molecule has 0 fully saturated rings. The summed E-state index contributed by atoms with van der Waals surface area (Å²) in [5.74, 6) is 0. The zero-order valence-corrected chi connectivity index (χ0v) is 44.5. The van der Waals surface area contributed by atoms with Crippen LogP contribution in [0.1, 0.15) is 163 Å². The van der Waals surface area contributed by atoms with Crippen molar-refractivity contribution in [2.75, 3.05) is 9.80 Å². The summed E-state index contributed by atoms with van der Waals surface area (Å²) in [6.07, 6.45) is 2.31. The molecule has 0 spiro atoms. The van der Waals surface area contributed by atoms with Crippen LogP contribution in [-0.4, -0.2) is 6.71 Å². The third-order valence-electron chi connectivity index (χ3n) is 15.7. The van der Waals surface area contributed by atoms with Gasteiger partial charge < -0.3 is 9.80 Å². The first-order valence-corrected chi connectivity index (χ1v) is 25.8. The maximum atomic E-state index is 2.76. The fourth-order valence-corrected chi connectivity index (χ4v) is 12.8. The van der Waals surface area contributed by atoms with Gasteiger partial charge in [-0.1, -0.05) is 171 Å². The first-order valence-electron chi connectivity index (χ1n) is 25.0. The van der Waals surface area contributed by atoms with Crippen molar-refractivity contribution >= 4 is 78.0 Å². The number of thiophene rings is 1. The largest absolute Gasteiger partial charge is 0.310 e. The molecule has 0 N–H and O–H groups in total. The number of rotatable bonds is 3. The van der Waals surface area contributed by atoms with E-state index in [1.54, 1.807) is 0 Å². The number of nitrogens with zero attached hydrogens (tertiary/aromatic N) is 2. The fourth-order valence-electron chi connectivity index (χ4n) is 11.5. The lowest BCUT2D eigenvalue weighted by molar-refractivity contribution is 0.333. The molecule has 3 heterocycles. The van der Waals surface area contributed by atoms with Gasteiger partial charge in [0.15, 0.2) is 0 Å². The smallest absolute Gasteiger partial charge is 0.264 e. The molecule has 1 aliphatic carbocycles. The second kappa shape index (κ2) is 15.0. The maximum Gasteiger partial charge on any atom is 0.264 e. The van der Waals surface area contributed by atoms with Gasteiger partial charge in [-0.2, -0.15) is 0 Å². The number of fused-ring (bicyclic) bond motifs is 8. The second-order valence-electron chi connectivity index (χ2n) is 25.9. The predicted molar refractivity (Wildman–Crippen MR) is 296 cm³/mol. The van der Waals surface area contributed by atoms with Crippen LogP contribution in [0.2, 0.25) is 0 Å². The van der Waals surface area contributed by atoms with Gasteiger partial charge in [-0.15, -0.1) is 11.3 Å². The molecule has 0 saturated heterocycles. The van der Waals surface area contributed by atoms with Crippen molar-refractivity contribution in [3.05, 3.63) is 148 Å². The van der Waals surface area contributed by atoms with E-state index in [2.05, 4.69) is 237 Å². The van der Waals surface area contributed by atoms with Crippen LogP contribution in [0, 0.1) is 6.92 Å². The molecule has 7 aromatic rings. The summed E-state index contributed by atoms with van der Waals surface area (Å²) >= 11 is 2.02. The van der Waals surface area contributed by atoms with Crippen LogP contribution in [0.4, 0.5) is 34.1 Å².